The number of hydroxylamine groups is 1. The summed E-state index contributed by atoms with van der Waals surface area (Å²) in [5.74, 6) is -0.601. The molecule has 5 nitrogen and oxygen atoms in total. The van der Waals surface area contributed by atoms with Gasteiger partial charge in [0.1, 0.15) is 5.69 Å². The van der Waals surface area contributed by atoms with Gasteiger partial charge in [-0.1, -0.05) is 0 Å². The molecule has 2 aromatic rings. The monoisotopic (exact) mass is 205 g/mol. The van der Waals surface area contributed by atoms with Crippen LogP contribution in [0.15, 0.2) is 18.5 Å². The summed E-state index contributed by atoms with van der Waals surface area (Å²) in [6.07, 6.45) is 3.60. The average molecular weight is 205 g/mol. The zero-order valence-corrected chi connectivity index (χ0v) is 8.48. The third kappa shape index (κ3) is 1.46. The second-order valence-electron chi connectivity index (χ2n) is 3.45. The maximum atomic E-state index is 11.1. The van der Waals surface area contributed by atoms with Crippen LogP contribution in [0.25, 0.3) is 10.9 Å². The van der Waals surface area contributed by atoms with Crippen LogP contribution in [0, 0.1) is 6.92 Å². The molecule has 0 atom stereocenters. The molecule has 15 heavy (non-hydrogen) atoms. The van der Waals surface area contributed by atoms with Gasteiger partial charge < -0.3 is 4.57 Å². The maximum absolute atomic E-state index is 11.1. The fraction of sp³-hybridized carbons (Fsp3) is 0.200. The number of aryl methyl sites for hydroxylation is 2. The van der Waals surface area contributed by atoms with Gasteiger partial charge in [-0.05, 0) is 18.6 Å². The molecule has 2 heterocycles. The highest BCUT2D eigenvalue weighted by molar-refractivity contribution is 5.95. The Morgan fingerprint density at radius 2 is 2.33 bits per heavy atom. The summed E-state index contributed by atoms with van der Waals surface area (Å²) in [7, 11) is 1.90. The number of rotatable bonds is 1. The topological polar surface area (TPSA) is 67.2 Å². The zero-order chi connectivity index (χ0) is 11.0. The first kappa shape index (κ1) is 9.67. The van der Waals surface area contributed by atoms with Crippen LogP contribution >= 0.6 is 0 Å². The molecular weight excluding hydrogens is 194 g/mol. The van der Waals surface area contributed by atoms with Crippen LogP contribution in [0.5, 0.6) is 0 Å². The molecule has 78 valence electrons. The van der Waals surface area contributed by atoms with E-state index in [4.69, 9.17) is 5.21 Å². The lowest BCUT2D eigenvalue weighted by atomic mass is 10.2. The van der Waals surface area contributed by atoms with E-state index in [1.54, 1.807) is 17.7 Å². The van der Waals surface area contributed by atoms with Crippen molar-refractivity contribution < 1.29 is 10.0 Å². The van der Waals surface area contributed by atoms with Crippen molar-refractivity contribution in [2.75, 3.05) is 0 Å². The third-order valence-electron chi connectivity index (χ3n) is 2.41. The Morgan fingerprint density at radius 3 is 3.00 bits per heavy atom. The molecule has 0 aliphatic carbocycles. The fourth-order valence-corrected chi connectivity index (χ4v) is 1.65. The van der Waals surface area contributed by atoms with Gasteiger partial charge in [0.15, 0.2) is 0 Å². The van der Waals surface area contributed by atoms with Crippen LogP contribution in [0.3, 0.4) is 0 Å². The van der Waals surface area contributed by atoms with E-state index in [2.05, 4.69) is 4.98 Å². The molecule has 2 aromatic heterocycles. The molecule has 0 bridgehead atoms. The first-order chi connectivity index (χ1) is 7.13. The quantitative estimate of drug-likeness (QED) is 0.539. The highest BCUT2D eigenvalue weighted by atomic mass is 16.5. The molecule has 5 heteroatoms. The van der Waals surface area contributed by atoms with Gasteiger partial charge in [0, 0.05) is 24.8 Å². The number of fused-ring (bicyclic) bond motifs is 1. The van der Waals surface area contributed by atoms with Crippen LogP contribution in [-0.2, 0) is 7.05 Å². The van der Waals surface area contributed by atoms with E-state index in [0.717, 1.165) is 16.5 Å². The van der Waals surface area contributed by atoms with Crippen LogP contribution in [0.1, 0.15) is 16.1 Å². The Bertz CT molecular complexity index is 531. The van der Waals surface area contributed by atoms with Gasteiger partial charge in [0.25, 0.3) is 5.91 Å². The zero-order valence-electron chi connectivity index (χ0n) is 8.48. The molecule has 0 saturated heterocycles. The molecule has 0 spiro atoms. The van der Waals surface area contributed by atoms with E-state index in [1.165, 1.54) is 0 Å². The number of amides is 1. The summed E-state index contributed by atoms with van der Waals surface area (Å²) >= 11 is 0. The van der Waals surface area contributed by atoms with Crippen molar-refractivity contribution in [2.45, 2.75) is 6.92 Å². The van der Waals surface area contributed by atoms with Crippen LogP contribution in [-0.4, -0.2) is 20.7 Å². The minimum Gasteiger partial charge on any atom is -0.350 e. The predicted octanol–water partition coefficient (Wildman–Crippen LogP) is 1.00. The summed E-state index contributed by atoms with van der Waals surface area (Å²) < 4.78 is 1.92. The minimum atomic E-state index is -0.601. The van der Waals surface area contributed by atoms with Crippen molar-refractivity contribution in [1.82, 2.24) is 15.0 Å². The molecule has 0 saturated carbocycles. The Balaban J connectivity index is 2.65. The summed E-state index contributed by atoms with van der Waals surface area (Å²) in [6, 6.07) is 1.65. The summed E-state index contributed by atoms with van der Waals surface area (Å²) in [6.45, 7) is 1.98. The van der Waals surface area contributed by atoms with E-state index in [-0.39, 0.29) is 5.69 Å². The molecule has 0 fully saturated rings. The molecule has 2 N–H and O–H groups in total. The Kier molecular flexibility index (Phi) is 2.17. The predicted molar refractivity (Wildman–Crippen MR) is 54.7 cm³/mol. The number of hydrogen-bond donors (Lipinski definition) is 2. The van der Waals surface area contributed by atoms with Crippen molar-refractivity contribution in [2.24, 2.45) is 7.05 Å². The smallest absolute Gasteiger partial charge is 0.293 e. The van der Waals surface area contributed by atoms with E-state index in [1.807, 2.05) is 24.7 Å². The third-order valence-corrected chi connectivity index (χ3v) is 2.41. The van der Waals surface area contributed by atoms with Crippen molar-refractivity contribution in [3.8, 4) is 0 Å². The van der Waals surface area contributed by atoms with E-state index in [0.29, 0.717) is 0 Å². The normalized spacial score (nSPS) is 10.6. The molecule has 0 radical (unpaired) electrons. The number of aromatic nitrogens is 2. The van der Waals surface area contributed by atoms with Crippen LogP contribution < -0.4 is 5.48 Å². The molecule has 0 aliphatic rings. The minimum absolute atomic E-state index is 0.200. The number of carbonyl (C=O) groups is 1. The SMILES string of the molecule is Cc1cn(C)c2cc(C(=O)NO)ncc12. The lowest BCUT2D eigenvalue weighted by Gasteiger charge is -2.00. The number of nitrogens with one attached hydrogen (secondary N) is 1. The molecule has 1 amide bonds. The highest BCUT2D eigenvalue weighted by Gasteiger charge is 2.09. The van der Waals surface area contributed by atoms with Gasteiger partial charge in [-0.3, -0.25) is 15.0 Å². The van der Waals surface area contributed by atoms with Gasteiger partial charge in [0.05, 0.1) is 5.52 Å². The van der Waals surface area contributed by atoms with Gasteiger partial charge in [-0.15, -0.1) is 0 Å². The van der Waals surface area contributed by atoms with E-state index >= 15 is 0 Å². The number of hydrogen-bond acceptors (Lipinski definition) is 3. The van der Waals surface area contributed by atoms with Crippen molar-refractivity contribution in [3.05, 3.63) is 29.7 Å². The lowest BCUT2D eigenvalue weighted by molar-refractivity contribution is 0.0701. The van der Waals surface area contributed by atoms with E-state index in [9.17, 15) is 4.79 Å². The van der Waals surface area contributed by atoms with Crippen molar-refractivity contribution >= 4 is 16.8 Å². The fourth-order valence-electron chi connectivity index (χ4n) is 1.65. The Hall–Kier alpha value is -1.88. The Morgan fingerprint density at radius 1 is 1.60 bits per heavy atom. The number of carbonyl (C=O) groups excluding carboxylic acids is 1. The summed E-state index contributed by atoms with van der Waals surface area (Å²) in [5.41, 5.74) is 3.79. The molecule has 2 rings (SSSR count). The van der Waals surface area contributed by atoms with Gasteiger partial charge in [-0.25, -0.2) is 5.48 Å². The standard InChI is InChI=1S/C10H11N3O2/c1-6-5-13(2)9-3-8(10(14)12-15)11-4-7(6)9/h3-5,15H,1-2H3,(H,12,14). The second-order valence-corrected chi connectivity index (χ2v) is 3.45. The van der Waals surface area contributed by atoms with Crippen molar-refractivity contribution in [1.29, 1.82) is 0 Å². The number of pyridine rings is 1. The van der Waals surface area contributed by atoms with Crippen LogP contribution in [0.4, 0.5) is 0 Å². The van der Waals surface area contributed by atoms with Gasteiger partial charge in [-0.2, -0.15) is 0 Å². The van der Waals surface area contributed by atoms with Crippen molar-refractivity contribution in [3.63, 3.8) is 0 Å². The largest absolute Gasteiger partial charge is 0.350 e. The van der Waals surface area contributed by atoms with Crippen LogP contribution in [0.2, 0.25) is 0 Å². The Labute approximate surface area is 86.3 Å². The highest BCUT2D eigenvalue weighted by Crippen LogP contribution is 2.19. The first-order valence-electron chi connectivity index (χ1n) is 4.49. The summed E-state index contributed by atoms with van der Waals surface area (Å²) in [5, 5.41) is 9.49. The average Bonchev–Trinajstić information content (AvgIpc) is 2.53. The van der Waals surface area contributed by atoms with Gasteiger partial charge in [0.2, 0.25) is 0 Å². The van der Waals surface area contributed by atoms with Gasteiger partial charge >= 0.3 is 0 Å². The summed E-state index contributed by atoms with van der Waals surface area (Å²) in [4.78, 5) is 15.1. The lowest BCUT2D eigenvalue weighted by Crippen LogP contribution is -2.19. The molecular formula is C10H11N3O2. The molecule has 0 unspecified atom stereocenters. The molecule has 0 aromatic carbocycles. The first-order valence-corrected chi connectivity index (χ1v) is 4.49. The van der Waals surface area contributed by atoms with E-state index < -0.39 is 5.91 Å². The second kappa shape index (κ2) is 3.36. The molecule has 0 aliphatic heterocycles. The number of nitrogens with zero attached hydrogens (tertiary/aromatic N) is 2. The maximum Gasteiger partial charge on any atom is 0.293 e.